The normalized spacial score (nSPS) is 10.2. The molecule has 1 aromatic heterocycles. The summed E-state index contributed by atoms with van der Waals surface area (Å²) in [5, 5.41) is 6.13. The molecule has 0 aliphatic heterocycles. The first-order chi connectivity index (χ1) is 9.27. The lowest BCUT2D eigenvalue weighted by atomic mass is 10.2. The van der Waals surface area contributed by atoms with Crippen molar-refractivity contribution in [3.8, 4) is 0 Å². The van der Waals surface area contributed by atoms with Crippen molar-refractivity contribution in [2.24, 2.45) is 0 Å². The summed E-state index contributed by atoms with van der Waals surface area (Å²) in [6, 6.07) is 3.66. The van der Waals surface area contributed by atoms with Crippen molar-refractivity contribution in [3.05, 3.63) is 24.0 Å². The third-order valence-electron chi connectivity index (χ3n) is 2.89. The number of unbranched alkanes of at least 4 members (excludes halogenated alkanes) is 3. The molecule has 1 heterocycles. The van der Waals surface area contributed by atoms with Gasteiger partial charge in [0, 0.05) is 13.1 Å². The Bertz CT molecular complexity index is 362. The van der Waals surface area contributed by atoms with Gasteiger partial charge in [0.2, 0.25) is 0 Å². The van der Waals surface area contributed by atoms with Crippen LogP contribution in [0.3, 0.4) is 0 Å². The van der Waals surface area contributed by atoms with Crippen LogP contribution in [0.1, 0.15) is 56.4 Å². The average Bonchev–Trinajstić information content (AvgIpc) is 2.45. The van der Waals surface area contributed by atoms with Gasteiger partial charge in [-0.2, -0.15) is 0 Å². The van der Waals surface area contributed by atoms with E-state index >= 15 is 0 Å². The van der Waals surface area contributed by atoms with E-state index < -0.39 is 0 Å². The first-order valence-corrected chi connectivity index (χ1v) is 7.26. The molecule has 0 saturated heterocycles. The zero-order valence-electron chi connectivity index (χ0n) is 12.0. The minimum Gasteiger partial charge on any atom is -0.384 e. The Morgan fingerprint density at radius 3 is 2.58 bits per heavy atom. The van der Waals surface area contributed by atoms with Crippen LogP contribution in [0.15, 0.2) is 18.3 Å². The summed E-state index contributed by atoms with van der Waals surface area (Å²) in [4.78, 5) is 16.0. The van der Waals surface area contributed by atoms with Crippen molar-refractivity contribution in [3.63, 3.8) is 0 Å². The van der Waals surface area contributed by atoms with Crippen molar-refractivity contribution in [2.75, 3.05) is 18.4 Å². The summed E-state index contributed by atoms with van der Waals surface area (Å²) >= 11 is 0. The highest BCUT2D eigenvalue weighted by Crippen LogP contribution is 2.06. The molecule has 0 spiro atoms. The van der Waals surface area contributed by atoms with E-state index in [-0.39, 0.29) is 5.91 Å². The molecule has 0 aliphatic rings. The highest BCUT2D eigenvalue weighted by atomic mass is 16.1. The first-order valence-electron chi connectivity index (χ1n) is 7.26. The maximum atomic E-state index is 11.8. The standard InChI is InChI=1S/C15H25N3O/c1-3-5-6-7-11-17-15(19)14-9-8-13(12-18-14)16-10-4-2/h8-9,12,16H,3-7,10-11H2,1-2H3,(H,17,19). The van der Waals surface area contributed by atoms with E-state index in [4.69, 9.17) is 0 Å². The van der Waals surface area contributed by atoms with Crippen molar-refractivity contribution in [1.29, 1.82) is 0 Å². The third-order valence-corrected chi connectivity index (χ3v) is 2.89. The van der Waals surface area contributed by atoms with Gasteiger partial charge in [0.1, 0.15) is 5.69 Å². The number of aromatic nitrogens is 1. The van der Waals surface area contributed by atoms with Crippen molar-refractivity contribution < 1.29 is 4.79 Å². The number of nitrogens with zero attached hydrogens (tertiary/aromatic N) is 1. The molecule has 0 radical (unpaired) electrons. The zero-order valence-corrected chi connectivity index (χ0v) is 12.0. The van der Waals surface area contributed by atoms with Crippen LogP contribution < -0.4 is 10.6 Å². The lowest BCUT2D eigenvalue weighted by Crippen LogP contribution is -2.25. The van der Waals surface area contributed by atoms with Crippen LogP contribution in [-0.2, 0) is 0 Å². The number of amides is 1. The van der Waals surface area contributed by atoms with Crippen LogP contribution in [0.4, 0.5) is 5.69 Å². The molecule has 0 aromatic carbocycles. The number of hydrogen-bond donors (Lipinski definition) is 2. The molecule has 1 amide bonds. The van der Waals surface area contributed by atoms with Crippen LogP contribution >= 0.6 is 0 Å². The van der Waals surface area contributed by atoms with E-state index in [1.165, 1.54) is 19.3 Å². The Kier molecular flexibility index (Phi) is 7.63. The molecular formula is C15H25N3O. The van der Waals surface area contributed by atoms with Gasteiger partial charge in [-0.3, -0.25) is 4.79 Å². The van der Waals surface area contributed by atoms with E-state index in [1.807, 2.05) is 6.07 Å². The van der Waals surface area contributed by atoms with Gasteiger partial charge in [0.25, 0.3) is 5.91 Å². The van der Waals surface area contributed by atoms with E-state index in [2.05, 4.69) is 29.5 Å². The third kappa shape index (κ3) is 6.22. The lowest BCUT2D eigenvalue weighted by molar-refractivity contribution is 0.0948. The number of rotatable bonds is 9. The van der Waals surface area contributed by atoms with Gasteiger partial charge in [-0.25, -0.2) is 4.98 Å². The number of carbonyl (C=O) groups is 1. The lowest BCUT2D eigenvalue weighted by Gasteiger charge is -2.06. The van der Waals surface area contributed by atoms with E-state index in [0.717, 1.165) is 31.6 Å². The van der Waals surface area contributed by atoms with E-state index in [0.29, 0.717) is 5.69 Å². The maximum Gasteiger partial charge on any atom is 0.269 e. The Balaban J connectivity index is 2.32. The highest BCUT2D eigenvalue weighted by molar-refractivity contribution is 5.92. The fraction of sp³-hybridized carbons (Fsp3) is 0.600. The molecule has 1 rings (SSSR count). The molecular weight excluding hydrogens is 238 g/mol. The molecule has 1 aromatic rings. The highest BCUT2D eigenvalue weighted by Gasteiger charge is 2.05. The second-order valence-electron chi connectivity index (χ2n) is 4.68. The minimum atomic E-state index is -0.0847. The molecule has 0 fully saturated rings. The molecule has 0 aliphatic carbocycles. The van der Waals surface area contributed by atoms with E-state index in [9.17, 15) is 4.79 Å². The second-order valence-corrected chi connectivity index (χ2v) is 4.68. The monoisotopic (exact) mass is 263 g/mol. The van der Waals surface area contributed by atoms with Crippen LogP contribution in [0.25, 0.3) is 0 Å². The van der Waals surface area contributed by atoms with Crippen molar-refractivity contribution in [1.82, 2.24) is 10.3 Å². The summed E-state index contributed by atoms with van der Waals surface area (Å²) in [5.74, 6) is -0.0847. The van der Waals surface area contributed by atoms with E-state index in [1.54, 1.807) is 12.3 Å². The molecule has 0 unspecified atom stereocenters. The largest absolute Gasteiger partial charge is 0.384 e. The molecule has 4 heteroatoms. The van der Waals surface area contributed by atoms with Gasteiger partial charge in [0.15, 0.2) is 0 Å². The molecule has 106 valence electrons. The van der Waals surface area contributed by atoms with Crippen molar-refractivity contribution >= 4 is 11.6 Å². The topological polar surface area (TPSA) is 54.0 Å². The molecule has 0 atom stereocenters. The van der Waals surface area contributed by atoms with Crippen LogP contribution in [0.2, 0.25) is 0 Å². The molecule has 19 heavy (non-hydrogen) atoms. The van der Waals surface area contributed by atoms with Gasteiger partial charge < -0.3 is 10.6 Å². The van der Waals surface area contributed by atoms with Gasteiger partial charge in [-0.05, 0) is 25.0 Å². The fourth-order valence-electron chi connectivity index (χ4n) is 1.75. The summed E-state index contributed by atoms with van der Waals surface area (Å²) < 4.78 is 0. The molecule has 0 saturated carbocycles. The fourth-order valence-corrected chi connectivity index (χ4v) is 1.75. The molecule has 0 bridgehead atoms. The molecule has 2 N–H and O–H groups in total. The van der Waals surface area contributed by atoms with Crippen LogP contribution in [0.5, 0.6) is 0 Å². The van der Waals surface area contributed by atoms with Gasteiger partial charge >= 0.3 is 0 Å². The quantitative estimate of drug-likeness (QED) is 0.673. The number of hydrogen-bond acceptors (Lipinski definition) is 3. The Morgan fingerprint density at radius 1 is 1.11 bits per heavy atom. The number of pyridine rings is 1. The zero-order chi connectivity index (χ0) is 13.9. The Hall–Kier alpha value is -1.58. The number of carbonyl (C=O) groups excluding carboxylic acids is 1. The minimum absolute atomic E-state index is 0.0847. The summed E-state index contributed by atoms with van der Waals surface area (Å²) in [6.45, 7) is 5.94. The first kappa shape index (κ1) is 15.5. The number of anilines is 1. The van der Waals surface area contributed by atoms with Crippen molar-refractivity contribution in [2.45, 2.75) is 46.0 Å². The van der Waals surface area contributed by atoms with Crippen LogP contribution in [-0.4, -0.2) is 24.0 Å². The maximum absolute atomic E-state index is 11.8. The van der Waals surface area contributed by atoms with Crippen LogP contribution in [0, 0.1) is 0 Å². The second kappa shape index (κ2) is 9.36. The Morgan fingerprint density at radius 2 is 1.95 bits per heavy atom. The summed E-state index contributed by atoms with van der Waals surface area (Å²) in [6.07, 6.45) is 7.43. The van der Waals surface area contributed by atoms with Gasteiger partial charge in [-0.1, -0.05) is 33.1 Å². The molecule has 4 nitrogen and oxygen atoms in total. The predicted molar refractivity (Wildman–Crippen MR) is 79.5 cm³/mol. The number of nitrogens with one attached hydrogen (secondary N) is 2. The SMILES string of the molecule is CCCCCCNC(=O)c1ccc(NCCC)cn1. The Labute approximate surface area is 116 Å². The predicted octanol–water partition coefficient (Wildman–Crippen LogP) is 3.21. The van der Waals surface area contributed by atoms with Gasteiger partial charge in [-0.15, -0.1) is 0 Å². The summed E-state index contributed by atoms with van der Waals surface area (Å²) in [7, 11) is 0. The van der Waals surface area contributed by atoms with Gasteiger partial charge in [0.05, 0.1) is 11.9 Å². The summed E-state index contributed by atoms with van der Waals surface area (Å²) in [5.41, 5.74) is 1.44. The smallest absolute Gasteiger partial charge is 0.269 e. The average molecular weight is 263 g/mol.